The number of aliphatic hydroxyl groups is 1. The number of aromatic nitrogens is 2. The van der Waals surface area contributed by atoms with Gasteiger partial charge in [0.2, 0.25) is 6.41 Å². The predicted molar refractivity (Wildman–Crippen MR) is 92.3 cm³/mol. The van der Waals surface area contributed by atoms with Crippen molar-refractivity contribution in [3.05, 3.63) is 12.0 Å². The number of nitrogens with zero attached hydrogens (tertiary/aromatic N) is 4. The number of amides is 2. The van der Waals surface area contributed by atoms with E-state index in [2.05, 4.69) is 4.98 Å². The van der Waals surface area contributed by atoms with Crippen LogP contribution in [0.2, 0.25) is 0 Å². The van der Waals surface area contributed by atoms with E-state index in [9.17, 15) is 27.9 Å². The van der Waals surface area contributed by atoms with Crippen LogP contribution in [0.4, 0.5) is 19.0 Å². The molecule has 0 saturated heterocycles. The highest BCUT2D eigenvalue weighted by atomic mass is 19.4. The average molecular weight is 390 g/mol. The number of halogens is 3. The summed E-state index contributed by atoms with van der Waals surface area (Å²) in [5.41, 5.74) is -0.975. The molecular formula is C17H25F3N4O3. The van der Waals surface area contributed by atoms with Gasteiger partial charge in [-0.1, -0.05) is 0 Å². The highest BCUT2D eigenvalue weighted by Crippen LogP contribution is 2.32. The largest absolute Gasteiger partial charge is 0.406 e. The van der Waals surface area contributed by atoms with Crippen LogP contribution in [-0.2, 0) is 11.3 Å². The van der Waals surface area contributed by atoms with E-state index in [1.807, 2.05) is 0 Å². The third-order valence-corrected chi connectivity index (χ3v) is 4.92. The summed E-state index contributed by atoms with van der Waals surface area (Å²) in [5, 5.41) is 10.0. The van der Waals surface area contributed by atoms with Crippen LogP contribution in [0.5, 0.6) is 0 Å². The zero-order chi connectivity index (χ0) is 20.4. The molecule has 1 heterocycles. The summed E-state index contributed by atoms with van der Waals surface area (Å²) in [6.07, 6.45) is -0.529. The molecule has 7 nitrogen and oxygen atoms in total. The monoisotopic (exact) mass is 390 g/mol. The molecule has 0 aromatic carbocycles. The summed E-state index contributed by atoms with van der Waals surface area (Å²) in [7, 11) is 2.85. The normalized spacial score (nSPS) is 23.1. The smallest absolute Gasteiger partial charge is 0.390 e. The minimum absolute atomic E-state index is 0.113. The average Bonchev–Trinajstić information content (AvgIpc) is 2.96. The van der Waals surface area contributed by atoms with Crippen molar-refractivity contribution >= 4 is 18.1 Å². The fraction of sp³-hybridized carbons (Fsp3) is 0.706. The van der Waals surface area contributed by atoms with Crippen molar-refractivity contribution in [3.8, 4) is 0 Å². The van der Waals surface area contributed by atoms with Gasteiger partial charge in [-0.2, -0.15) is 13.2 Å². The second-order valence-corrected chi connectivity index (χ2v) is 7.50. The van der Waals surface area contributed by atoms with Crippen molar-refractivity contribution in [2.24, 2.45) is 5.92 Å². The van der Waals surface area contributed by atoms with Crippen LogP contribution in [-0.4, -0.2) is 64.3 Å². The van der Waals surface area contributed by atoms with Crippen molar-refractivity contribution < 1.29 is 27.9 Å². The first-order valence-electron chi connectivity index (χ1n) is 8.71. The molecular weight excluding hydrogens is 365 g/mol. The number of imidazole rings is 1. The van der Waals surface area contributed by atoms with E-state index in [0.717, 1.165) is 28.6 Å². The van der Waals surface area contributed by atoms with Gasteiger partial charge in [0.25, 0.3) is 5.91 Å². The molecule has 1 aromatic rings. The molecule has 10 heteroatoms. The van der Waals surface area contributed by atoms with Gasteiger partial charge in [-0.25, -0.2) is 4.98 Å². The van der Waals surface area contributed by atoms with Crippen molar-refractivity contribution in [2.75, 3.05) is 25.5 Å². The highest BCUT2D eigenvalue weighted by molar-refractivity contribution is 5.99. The van der Waals surface area contributed by atoms with E-state index in [1.165, 1.54) is 19.0 Å². The lowest BCUT2D eigenvalue weighted by Crippen LogP contribution is -2.38. The Hall–Kier alpha value is -2.10. The molecule has 0 spiro atoms. The van der Waals surface area contributed by atoms with Gasteiger partial charge < -0.3 is 19.5 Å². The molecule has 0 unspecified atom stereocenters. The molecule has 1 aliphatic rings. The van der Waals surface area contributed by atoms with E-state index in [0.29, 0.717) is 25.8 Å². The summed E-state index contributed by atoms with van der Waals surface area (Å²) in [4.78, 5) is 30.0. The maximum atomic E-state index is 12.9. The Morgan fingerprint density at radius 1 is 1.41 bits per heavy atom. The fourth-order valence-electron chi connectivity index (χ4n) is 3.34. The summed E-state index contributed by atoms with van der Waals surface area (Å²) in [6.45, 7) is 0.763. The van der Waals surface area contributed by atoms with Gasteiger partial charge in [0.1, 0.15) is 6.54 Å². The first-order valence-corrected chi connectivity index (χ1v) is 8.71. The maximum Gasteiger partial charge on any atom is 0.406 e. The zero-order valence-electron chi connectivity index (χ0n) is 15.7. The number of anilines is 1. The molecule has 1 aromatic heterocycles. The van der Waals surface area contributed by atoms with Gasteiger partial charge in [0, 0.05) is 20.6 Å². The van der Waals surface area contributed by atoms with Crippen LogP contribution in [0.25, 0.3) is 0 Å². The lowest BCUT2D eigenvalue weighted by Gasteiger charge is -2.35. The Kier molecular flexibility index (Phi) is 6.18. The van der Waals surface area contributed by atoms with E-state index >= 15 is 0 Å². The second kappa shape index (κ2) is 7.87. The van der Waals surface area contributed by atoms with Gasteiger partial charge >= 0.3 is 6.18 Å². The fourth-order valence-corrected chi connectivity index (χ4v) is 3.34. The molecule has 0 atom stereocenters. The van der Waals surface area contributed by atoms with Crippen LogP contribution in [0.3, 0.4) is 0 Å². The highest BCUT2D eigenvalue weighted by Gasteiger charge is 2.34. The van der Waals surface area contributed by atoms with Gasteiger partial charge in [-0.3, -0.25) is 9.59 Å². The number of alkyl halides is 3. The third kappa shape index (κ3) is 5.44. The number of hydrogen-bond donors (Lipinski definition) is 1. The zero-order valence-corrected chi connectivity index (χ0v) is 15.7. The molecule has 1 aliphatic carbocycles. The van der Waals surface area contributed by atoms with Crippen molar-refractivity contribution in [1.82, 2.24) is 14.5 Å². The van der Waals surface area contributed by atoms with Crippen molar-refractivity contribution in [3.63, 3.8) is 0 Å². The molecule has 1 saturated carbocycles. The van der Waals surface area contributed by atoms with Gasteiger partial charge in [-0.15, -0.1) is 0 Å². The Labute approximate surface area is 155 Å². The van der Waals surface area contributed by atoms with E-state index in [1.54, 1.807) is 6.92 Å². The Morgan fingerprint density at radius 2 is 2.00 bits per heavy atom. The van der Waals surface area contributed by atoms with Crippen molar-refractivity contribution in [2.45, 2.75) is 50.9 Å². The van der Waals surface area contributed by atoms with Crippen LogP contribution < -0.4 is 4.90 Å². The van der Waals surface area contributed by atoms with Crippen LogP contribution >= 0.6 is 0 Å². The van der Waals surface area contributed by atoms with Gasteiger partial charge in [0.05, 0.1) is 11.9 Å². The molecule has 0 bridgehead atoms. The summed E-state index contributed by atoms with van der Waals surface area (Å²) < 4.78 is 39.3. The minimum Gasteiger partial charge on any atom is -0.390 e. The summed E-state index contributed by atoms with van der Waals surface area (Å²) in [6, 6.07) is 0. The maximum absolute atomic E-state index is 12.9. The predicted octanol–water partition coefficient (Wildman–Crippen LogP) is 2.05. The number of rotatable bonds is 6. The quantitative estimate of drug-likeness (QED) is 0.754. The Bertz CT molecular complexity index is 677. The van der Waals surface area contributed by atoms with Crippen LogP contribution in [0.1, 0.15) is 43.1 Å². The first-order chi connectivity index (χ1) is 12.4. The van der Waals surface area contributed by atoms with E-state index in [4.69, 9.17) is 0 Å². The number of hydrogen-bond acceptors (Lipinski definition) is 4. The summed E-state index contributed by atoms with van der Waals surface area (Å²) in [5.74, 6) is -0.583. The lowest BCUT2D eigenvalue weighted by molar-refractivity contribution is -0.140. The topological polar surface area (TPSA) is 78.7 Å². The third-order valence-electron chi connectivity index (χ3n) is 4.92. The summed E-state index contributed by atoms with van der Waals surface area (Å²) >= 11 is 0. The van der Waals surface area contributed by atoms with Gasteiger partial charge in [-0.05, 0) is 38.5 Å². The molecule has 1 N–H and O–H groups in total. The molecule has 152 valence electrons. The number of carbonyl (C=O) groups excluding carboxylic acids is 2. The number of carbonyl (C=O) groups is 2. The Balaban J connectivity index is 2.20. The first kappa shape index (κ1) is 21.2. The SMILES string of the molecule is CN(CC1CCC(C)(O)CC1)C(=O)c1c(N(C)C=O)ncn1CC(F)(F)F. The van der Waals surface area contributed by atoms with E-state index in [-0.39, 0.29) is 17.4 Å². The van der Waals surface area contributed by atoms with Gasteiger partial charge in [0.15, 0.2) is 11.5 Å². The van der Waals surface area contributed by atoms with Crippen molar-refractivity contribution in [1.29, 1.82) is 0 Å². The van der Waals surface area contributed by atoms with Crippen LogP contribution in [0.15, 0.2) is 6.33 Å². The molecule has 2 rings (SSSR count). The second-order valence-electron chi connectivity index (χ2n) is 7.50. The molecule has 1 fully saturated rings. The molecule has 0 aliphatic heterocycles. The molecule has 0 radical (unpaired) electrons. The minimum atomic E-state index is -4.53. The molecule has 27 heavy (non-hydrogen) atoms. The van der Waals surface area contributed by atoms with E-state index < -0.39 is 24.2 Å². The molecule has 2 amide bonds. The lowest BCUT2D eigenvalue weighted by atomic mass is 9.80. The van der Waals surface area contributed by atoms with Crippen LogP contribution in [0, 0.1) is 5.92 Å². The Morgan fingerprint density at radius 3 is 2.52 bits per heavy atom. The standard InChI is InChI=1S/C17H25F3N4O3/c1-16(27)6-4-12(5-7-16)8-22(2)15(26)13-14(23(3)11-25)21-10-24(13)9-17(18,19)20/h10-12,27H,4-9H2,1-3H3.